The maximum Gasteiger partial charge on any atom is 0.253 e. The number of aromatic nitrogens is 1. The molecule has 0 aliphatic heterocycles. The summed E-state index contributed by atoms with van der Waals surface area (Å²) >= 11 is 7.56. The summed E-state index contributed by atoms with van der Waals surface area (Å²) in [5, 5.41) is 9.57. The Kier molecular flexibility index (Phi) is 5.59. The third-order valence-electron chi connectivity index (χ3n) is 3.06. The molecule has 6 heteroatoms. The van der Waals surface area contributed by atoms with Crippen LogP contribution in [0.2, 0.25) is 5.02 Å². The van der Waals surface area contributed by atoms with Gasteiger partial charge in [-0.25, -0.2) is 4.98 Å². The first kappa shape index (κ1) is 15.8. The van der Waals surface area contributed by atoms with E-state index in [9.17, 15) is 4.79 Å². The zero-order valence-corrected chi connectivity index (χ0v) is 13.6. The summed E-state index contributed by atoms with van der Waals surface area (Å²) in [4.78, 5) is 16.8. The van der Waals surface area contributed by atoms with E-state index in [0.717, 1.165) is 23.7 Å². The van der Waals surface area contributed by atoms with Crippen LogP contribution in [0.5, 0.6) is 0 Å². The van der Waals surface area contributed by atoms with Gasteiger partial charge in [0.05, 0.1) is 11.6 Å². The highest BCUT2D eigenvalue weighted by Gasteiger charge is 2.18. The molecule has 112 valence electrons. The molecule has 0 aliphatic carbocycles. The van der Waals surface area contributed by atoms with Crippen molar-refractivity contribution in [1.82, 2.24) is 10.3 Å². The predicted molar refractivity (Wildman–Crippen MR) is 88.2 cm³/mol. The summed E-state index contributed by atoms with van der Waals surface area (Å²) in [7, 11) is 0. The largest absolute Gasteiger partial charge is 0.385 e. The van der Waals surface area contributed by atoms with E-state index in [-0.39, 0.29) is 11.9 Å². The molecular formula is C15H18ClN3OS. The summed E-state index contributed by atoms with van der Waals surface area (Å²) in [6.07, 6.45) is 2.54. The Morgan fingerprint density at radius 1 is 1.43 bits per heavy atom. The number of nitrogens with one attached hydrogen (secondary N) is 2. The summed E-state index contributed by atoms with van der Waals surface area (Å²) in [6, 6.07) is 5.20. The van der Waals surface area contributed by atoms with E-state index in [4.69, 9.17) is 11.6 Å². The van der Waals surface area contributed by atoms with E-state index in [1.807, 2.05) is 25.3 Å². The first-order valence-corrected chi connectivity index (χ1v) is 8.15. The Bertz CT molecular complexity index is 601. The number of hydrogen-bond acceptors (Lipinski definition) is 4. The van der Waals surface area contributed by atoms with Gasteiger partial charge in [0.25, 0.3) is 5.91 Å². The first-order chi connectivity index (χ1) is 10.2. The molecule has 1 amide bonds. The lowest BCUT2D eigenvalue weighted by molar-refractivity contribution is 0.0936. The van der Waals surface area contributed by atoms with Crippen LogP contribution in [0.1, 0.15) is 41.7 Å². The van der Waals surface area contributed by atoms with Gasteiger partial charge in [-0.1, -0.05) is 18.5 Å². The molecule has 2 rings (SSSR count). The third kappa shape index (κ3) is 3.95. The van der Waals surface area contributed by atoms with Gasteiger partial charge in [0.1, 0.15) is 5.01 Å². The van der Waals surface area contributed by atoms with Gasteiger partial charge in [-0.3, -0.25) is 4.79 Å². The average molecular weight is 324 g/mol. The molecule has 1 heterocycles. The quantitative estimate of drug-likeness (QED) is 0.841. The van der Waals surface area contributed by atoms with Gasteiger partial charge >= 0.3 is 0 Å². The Labute approximate surface area is 133 Å². The summed E-state index contributed by atoms with van der Waals surface area (Å²) in [5.41, 5.74) is 1.34. The second-order valence-electron chi connectivity index (χ2n) is 4.52. The number of nitrogens with zero attached hydrogens (tertiary/aromatic N) is 1. The van der Waals surface area contributed by atoms with Crippen molar-refractivity contribution in [2.24, 2.45) is 0 Å². The highest BCUT2D eigenvalue weighted by atomic mass is 35.5. The van der Waals surface area contributed by atoms with E-state index in [1.165, 1.54) is 0 Å². The molecule has 0 aliphatic rings. The summed E-state index contributed by atoms with van der Waals surface area (Å²) in [6.45, 7) is 4.75. The topological polar surface area (TPSA) is 54.0 Å². The Morgan fingerprint density at radius 3 is 2.86 bits per heavy atom. The van der Waals surface area contributed by atoms with Gasteiger partial charge in [0.15, 0.2) is 0 Å². The van der Waals surface area contributed by atoms with Crippen molar-refractivity contribution >= 4 is 34.5 Å². The monoisotopic (exact) mass is 323 g/mol. The number of hydrogen-bond donors (Lipinski definition) is 2. The van der Waals surface area contributed by atoms with Crippen molar-refractivity contribution in [3.05, 3.63) is 45.4 Å². The number of carbonyl (C=O) groups excluding carboxylic acids is 1. The second kappa shape index (κ2) is 7.43. The van der Waals surface area contributed by atoms with Crippen molar-refractivity contribution in [3.8, 4) is 0 Å². The molecular weight excluding hydrogens is 306 g/mol. The van der Waals surface area contributed by atoms with Crippen LogP contribution >= 0.6 is 22.9 Å². The van der Waals surface area contributed by atoms with E-state index in [0.29, 0.717) is 10.6 Å². The van der Waals surface area contributed by atoms with E-state index < -0.39 is 0 Å². The smallest absolute Gasteiger partial charge is 0.253 e. The summed E-state index contributed by atoms with van der Waals surface area (Å²) in [5.74, 6) is -0.143. The van der Waals surface area contributed by atoms with Crippen LogP contribution in [-0.2, 0) is 0 Å². The summed E-state index contributed by atoms with van der Waals surface area (Å²) < 4.78 is 0. The highest BCUT2D eigenvalue weighted by Crippen LogP contribution is 2.23. The van der Waals surface area contributed by atoms with Gasteiger partial charge in [0.2, 0.25) is 0 Å². The van der Waals surface area contributed by atoms with Crippen molar-refractivity contribution in [2.45, 2.75) is 26.3 Å². The maximum atomic E-state index is 12.5. The molecule has 0 spiro atoms. The van der Waals surface area contributed by atoms with Crippen LogP contribution in [0.4, 0.5) is 5.69 Å². The second-order valence-corrected chi connectivity index (χ2v) is 5.89. The maximum absolute atomic E-state index is 12.5. The normalized spacial score (nSPS) is 12.0. The van der Waals surface area contributed by atoms with Crippen LogP contribution in [0.15, 0.2) is 29.8 Å². The number of amides is 1. The minimum absolute atomic E-state index is 0.0778. The van der Waals surface area contributed by atoms with Gasteiger partial charge in [-0.15, -0.1) is 11.3 Å². The Hall–Kier alpha value is -1.59. The number of halogens is 1. The molecule has 2 aromatic rings. The standard InChI is InChI=1S/C15H18ClN3OS/c1-3-12(15-18-7-8-21-15)19-14(20)11-9-10(16)5-6-13(11)17-4-2/h5-9,12,17H,3-4H2,1-2H3,(H,19,20). The Balaban J connectivity index is 2.21. The van der Waals surface area contributed by atoms with Crippen molar-refractivity contribution in [1.29, 1.82) is 0 Å². The van der Waals surface area contributed by atoms with Crippen molar-refractivity contribution in [2.75, 3.05) is 11.9 Å². The zero-order chi connectivity index (χ0) is 15.2. The van der Waals surface area contributed by atoms with Gasteiger partial charge in [-0.05, 0) is 31.5 Å². The van der Waals surface area contributed by atoms with Gasteiger partial charge in [-0.2, -0.15) is 0 Å². The first-order valence-electron chi connectivity index (χ1n) is 6.89. The number of thiazole rings is 1. The fourth-order valence-electron chi connectivity index (χ4n) is 2.03. The molecule has 2 N–H and O–H groups in total. The van der Waals surface area contributed by atoms with Crippen LogP contribution < -0.4 is 10.6 Å². The lowest BCUT2D eigenvalue weighted by Gasteiger charge is -2.17. The van der Waals surface area contributed by atoms with Crippen molar-refractivity contribution in [3.63, 3.8) is 0 Å². The lowest BCUT2D eigenvalue weighted by atomic mass is 10.1. The number of carbonyl (C=O) groups is 1. The number of rotatable bonds is 6. The zero-order valence-electron chi connectivity index (χ0n) is 12.0. The molecule has 1 atom stereocenters. The minimum atomic E-state index is -0.143. The molecule has 0 saturated carbocycles. The lowest BCUT2D eigenvalue weighted by Crippen LogP contribution is -2.28. The molecule has 1 aromatic heterocycles. The van der Waals surface area contributed by atoms with Gasteiger partial charge < -0.3 is 10.6 Å². The fourth-order valence-corrected chi connectivity index (χ4v) is 2.97. The molecule has 1 aromatic carbocycles. The molecule has 0 fully saturated rings. The van der Waals surface area contributed by atoms with E-state index in [1.54, 1.807) is 29.7 Å². The van der Waals surface area contributed by atoms with Crippen LogP contribution in [0.25, 0.3) is 0 Å². The van der Waals surface area contributed by atoms with Crippen LogP contribution in [0, 0.1) is 0 Å². The molecule has 4 nitrogen and oxygen atoms in total. The third-order valence-corrected chi connectivity index (χ3v) is 4.18. The molecule has 1 unspecified atom stereocenters. The SMILES string of the molecule is CCNc1ccc(Cl)cc1C(=O)NC(CC)c1nccs1. The van der Waals surface area contributed by atoms with Crippen molar-refractivity contribution < 1.29 is 4.79 Å². The average Bonchev–Trinajstić information content (AvgIpc) is 3.00. The van der Waals surface area contributed by atoms with E-state index >= 15 is 0 Å². The number of benzene rings is 1. The van der Waals surface area contributed by atoms with Crippen LogP contribution in [-0.4, -0.2) is 17.4 Å². The molecule has 0 radical (unpaired) electrons. The van der Waals surface area contributed by atoms with E-state index in [2.05, 4.69) is 15.6 Å². The fraction of sp³-hybridized carbons (Fsp3) is 0.333. The Morgan fingerprint density at radius 2 is 2.24 bits per heavy atom. The predicted octanol–water partition coefficient (Wildman–Crippen LogP) is 4.11. The number of anilines is 1. The molecule has 0 saturated heterocycles. The van der Waals surface area contributed by atoms with Gasteiger partial charge in [0, 0.05) is 28.8 Å². The van der Waals surface area contributed by atoms with Crippen LogP contribution in [0.3, 0.4) is 0 Å². The minimum Gasteiger partial charge on any atom is -0.385 e. The highest BCUT2D eigenvalue weighted by molar-refractivity contribution is 7.09. The molecule has 0 bridgehead atoms. The molecule has 21 heavy (non-hydrogen) atoms.